The second-order valence-electron chi connectivity index (χ2n) is 6.06. The number of phenols is 2. The quantitative estimate of drug-likeness (QED) is 0.747. The van der Waals surface area contributed by atoms with Crippen molar-refractivity contribution in [3.8, 4) is 11.5 Å². The zero-order chi connectivity index (χ0) is 16.1. The van der Waals surface area contributed by atoms with Crippen LogP contribution in [0.1, 0.15) is 56.6 Å². The van der Waals surface area contributed by atoms with E-state index < -0.39 is 0 Å². The highest BCUT2D eigenvalue weighted by molar-refractivity contribution is 5.31. The SMILES string of the molecule is CC[C@@H]([C@H](CC)c1ccc(O)cc1)[C@@H](C)c1ccc(O)cc1. The molecule has 0 aliphatic carbocycles. The standard InChI is InChI=1S/C20H26O2/c1-4-19(14(3)15-6-10-17(21)11-7-15)20(5-2)16-8-12-18(22)13-9-16/h6-14,19-22H,4-5H2,1-3H3/t14-,19+,20+/m0/s1. The Morgan fingerprint density at radius 1 is 0.727 bits per heavy atom. The van der Waals surface area contributed by atoms with E-state index in [9.17, 15) is 10.2 Å². The lowest BCUT2D eigenvalue weighted by atomic mass is 9.73. The van der Waals surface area contributed by atoms with E-state index >= 15 is 0 Å². The zero-order valence-electron chi connectivity index (χ0n) is 13.7. The predicted octanol–water partition coefficient (Wildman–Crippen LogP) is 5.42. The minimum Gasteiger partial charge on any atom is -0.508 e. The van der Waals surface area contributed by atoms with Gasteiger partial charge in [0, 0.05) is 0 Å². The maximum Gasteiger partial charge on any atom is 0.115 e. The average molecular weight is 298 g/mol. The van der Waals surface area contributed by atoms with Gasteiger partial charge in [-0.05, 0) is 59.6 Å². The van der Waals surface area contributed by atoms with Crippen molar-refractivity contribution >= 4 is 0 Å². The van der Waals surface area contributed by atoms with E-state index in [-0.39, 0.29) is 0 Å². The second kappa shape index (κ2) is 7.35. The summed E-state index contributed by atoms with van der Waals surface area (Å²) in [6.45, 7) is 6.73. The fourth-order valence-corrected chi connectivity index (χ4v) is 3.52. The van der Waals surface area contributed by atoms with Crippen LogP contribution in [0.4, 0.5) is 0 Å². The molecule has 2 aromatic rings. The molecule has 0 aromatic heterocycles. The average Bonchev–Trinajstić information content (AvgIpc) is 2.53. The molecule has 0 bridgehead atoms. The molecule has 0 fully saturated rings. The molecule has 0 saturated carbocycles. The van der Waals surface area contributed by atoms with Gasteiger partial charge in [-0.2, -0.15) is 0 Å². The third-order valence-corrected chi connectivity index (χ3v) is 4.81. The molecule has 2 rings (SSSR count). The largest absolute Gasteiger partial charge is 0.508 e. The van der Waals surface area contributed by atoms with E-state index in [4.69, 9.17) is 0 Å². The lowest BCUT2D eigenvalue weighted by Gasteiger charge is -2.31. The van der Waals surface area contributed by atoms with Crippen LogP contribution in [0.15, 0.2) is 48.5 Å². The van der Waals surface area contributed by atoms with Gasteiger partial charge in [0.15, 0.2) is 0 Å². The number of hydrogen-bond acceptors (Lipinski definition) is 2. The van der Waals surface area contributed by atoms with Crippen molar-refractivity contribution in [3.05, 3.63) is 59.7 Å². The van der Waals surface area contributed by atoms with E-state index in [2.05, 4.69) is 20.8 Å². The minimum atomic E-state index is 0.314. The van der Waals surface area contributed by atoms with Gasteiger partial charge in [-0.3, -0.25) is 0 Å². The van der Waals surface area contributed by atoms with E-state index in [0.717, 1.165) is 12.8 Å². The van der Waals surface area contributed by atoms with Gasteiger partial charge in [0.05, 0.1) is 0 Å². The van der Waals surface area contributed by atoms with Crippen LogP contribution in [0.25, 0.3) is 0 Å². The van der Waals surface area contributed by atoms with Gasteiger partial charge < -0.3 is 10.2 Å². The summed E-state index contributed by atoms with van der Waals surface area (Å²) in [5.74, 6) is 2.05. The Morgan fingerprint density at radius 3 is 1.59 bits per heavy atom. The zero-order valence-corrected chi connectivity index (χ0v) is 13.7. The summed E-state index contributed by atoms with van der Waals surface area (Å²) in [6, 6.07) is 15.2. The third kappa shape index (κ3) is 3.62. The third-order valence-electron chi connectivity index (χ3n) is 4.81. The number of phenolic OH excluding ortho intramolecular Hbond substituents is 2. The van der Waals surface area contributed by atoms with Gasteiger partial charge in [0.2, 0.25) is 0 Å². The molecule has 0 spiro atoms. The molecule has 3 atom stereocenters. The number of hydrogen-bond donors (Lipinski definition) is 2. The topological polar surface area (TPSA) is 40.5 Å². The first kappa shape index (κ1) is 16.4. The number of aromatic hydroxyl groups is 2. The Balaban J connectivity index is 2.27. The predicted molar refractivity (Wildman–Crippen MR) is 91.4 cm³/mol. The molecule has 0 aliphatic heterocycles. The van der Waals surface area contributed by atoms with E-state index in [1.165, 1.54) is 11.1 Å². The molecule has 0 saturated heterocycles. The van der Waals surface area contributed by atoms with Crippen molar-refractivity contribution in [1.29, 1.82) is 0 Å². The van der Waals surface area contributed by atoms with Gasteiger partial charge in [0.1, 0.15) is 11.5 Å². The van der Waals surface area contributed by atoms with Crippen LogP contribution in [-0.2, 0) is 0 Å². The summed E-state index contributed by atoms with van der Waals surface area (Å²) in [5, 5.41) is 19.0. The maximum atomic E-state index is 9.50. The van der Waals surface area contributed by atoms with E-state index in [1.807, 2.05) is 24.3 Å². The highest BCUT2D eigenvalue weighted by atomic mass is 16.3. The van der Waals surface area contributed by atoms with Crippen LogP contribution in [-0.4, -0.2) is 10.2 Å². The highest BCUT2D eigenvalue weighted by Crippen LogP contribution is 2.40. The second-order valence-corrected chi connectivity index (χ2v) is 6.06. The number of benzene rings is 2. The normalized spacial score (nSPS) is 15.2. The van der Waals surface area contributed by atoms with Crippen LogP contribution in [0.5, 0.6) is 11.5 Å². The van der Waals surface area contributed by atoms with Gasteiger partial charge in [0.25, 0.3) is 0 Å². The first-order valence-corrected chi connectivity index (χ1v) is 8.14. The Kier molecular flexibility index (Phi) is 5.48. The van der Waals surface area contributed by atoms with Crippen molar-refractivity contribution in [2.45, 2.75) is 45.4 Å². The maximum absolute atomic E-state index is 9.50. The molecule has 2 N–H and O–H groups in total. The van der Waals surface area contributed by atoms with Gasteiger partial charge >= 0.3 is 0 Å². The van der Waals surface area contributed by atoms with Crippen LogP contribution in [0.3, 0.4) is 0 Å². The molecular formula is C20H26O2. The molecule has 0 amide bonds. The summed E-state index contributed by atoms with van der Waals surface area (Å²) in [5.41, 5.74) is 2.56. The molecule has 2 aromatic carbocycles. The van der Waals surface area contributed by atoms with Gasteiger partial charge in [-0.15, -0.1) is 0 Å². The fourth-order valence-electron chi connectivity index (χ4n) is 3.52. The highest BCUT2D eigenvalue weighted by Gasteiger charge is 2.26. The molecule has 2 nitrogen and oxygen atoms in total. The molecule has 22 heavy (non-hydrogen) atoms. The van der Waals surface area contributed by atoms with Crippen molar-refractivity contribution < 1.29 is 10.2 Å². The lowest BCUT2D eigenvalue weighted by molar-refractivity contribution is 0.345. The molecule has 2 heteroatoms. The van der Waals surface area contributed by atoms with Crippen molar-refractivity contribution in [2.24, 2.45) is 5.92 Å². The Bertz CT molecular complexity index is 572. The molecule has 0 aliphatic rings. The van der Waals surface area contributed by atoms with Crippen LogP contribution < -0.4 is 0 Å². The summed E-state index contributed by atoms with van der Waals surface area (Å²) >= 11 is 0. The molecule has 118 valence electrons. The summed E-state index contributed by atoms with van der Waals surface area (Å²) < 4.78 is 0. The van der Waals surface area contributed by atoms with Crippen molar-refractivity contribution in [2.75, 3.05) is 0 Å². The van der Waals surface area contributed by atoms with Gasteiger partial charge in [-0.1, -0.05) is 51.5 Å². The van der Waals surface area contributed by atoms with Crippen molar-refractivity contribution in [1.82, 2.24) is 0 Å². The molecule has 0 unspecified atom stereocenters. The minimum absolute atomic E-state index is 0.314. The molecule has 0 radical (unpaired) electrons. The van der Waals surface area contributed by atoms with Crippen LogP contribution in [0.2, 0.25) is 0 Å². The molecule has 0 heterocycles. The lowest BCUT2D eigenvalue weighted by Crippen LogP contribution is -2.18. The fraction of sp³-hybridized carbons (Fsp3) is 0.400. The Morgan fingerprint density at radius 2 is 1.18 bits per heavy atom. The van der Waals surface area contributed by atoms with Crippen LogP contribution >= 0.6 is 0 Å². The van der Waals surface area contributed by atoms with Crippen molar-refractivity contribution in [3.63, 3.8) is 0 Å². The summed E-state index contributed by atoms with van der Waals surface area (Å²) in [7, 11) is 0. The monoisotopic (exact) mass is 298 g/mol. The Labute approximate surface area is 133 Å². The smallest absolute Gasteiger partial charge is 0.115 e. The van der Waals surface area contributed by atoms with Crippen LogP contribution in [0, 0.1) is 5.92 Å². The first-order chi connectivity index (χ1) is 10.6. The molecular weight excluding hydrogens is 272 g/mol. The van der Waals surface area contributed by atoms with E-state index in [0.29, 0.717) is 29.3 Å². The summed E-state index contributed by atoms with van der Waals surface area (Å²) in [6.07, 6.45) is 2.17. The summed E-state index contributed by atoms with van der Waals surface area (Å²) in [4.78, 5) is 0. The first-order valence-electron chi connectivity index (χ1n) is 8.14. The van der Waals surface area contributed by atoms with E-state index in [1.54, 1.807) is 24.3 Å². The number of rotatable bonds is 6. The Hall–Kier alpha value is -1.96. The van der Waals surface area contributed by atoms with Gasteiger partial charge in [-0.25, -0.2) is 0 Å².